The molecule has 2 aliphatic heterocycles. The van der Waals surface area contributed by atoms with E-state index in [1.807, 2.05) is 13.8 Å². The fourth-order valence-corrected chi connectivity index (χ4v) is 6.60. The van der Waals surface area contributed by atoms with Crippen LogP contribution in [-0.4, -0.2) is 71.3 Å². The Morgan fingerprint density at radius 3 is 1.77 bits per heavy atom. The number of rotatable bonds is 29. The summed E-state index contributed by atoms with van der Waals surface area (Å²) in [5.74, 6) is -0.364. The van der Waals surface area contributed by atoms with Crippen LogP contribution < -0.4 is 20.9 Å². The van der Waals surface area contributed by atoms with Crippen molar-refractivity contribution >= 4 is 23.8 Å². The predicted octanol–water partition coefficient (Wildman–Crippen LogP) is 6.33. The summed E-state index contributed by atoms with van der Waals surface area (Å²) in [7, 11) is 0. The molecule has 0 aromatic carbocycles. The molecule has 0 spiro atoms. The van der Waals surface area contributed by atoms with Crippen molar-refractivity contribution in [2.45, 2.75) is 180 Å². The first-order valence-corrected chi connectivity index (χ1v) is 20.2. The number of carbonyl (C=O) groups excluding carboxylic acids is 4. The molecule has 1 saturated heterocycles. The number of unbranched alkanes of at least 4 members (excludes halogenated alkanes) is 14. The zero-order chi connectivity index (χ0) is 37.4. The molecule has 0 radical (unpaired) electrons. The Hall–Kier alpha value is -3.48. The minimum Gasteiger partial charge on any atom is -0.463 e. The third-order valence-electron chi connectivity index (χ3n) is 9.52. The van der Waals surface area contributed by atoms with E-state index >= 15 is 0 Å². The van der Waals surface area contributed by atoms with Gasteiger partial charge in [0.25, 0.3) is 0 Å². The maximum atomic E-state index is 12.9. The number of hydrogen-bond donors (Lipinski definition) is 3. The van der Waals surface area contributed by atoms with Crippen molar-refractivity contribution in [1.82, 2.24) is 20.2 Å². The molecule has 2 amide bonds. The third-order valence-corrected chi connectivity index (χ3v) is 9.52. The summed E-state index contributed by atoms with van der Waals surface area (Å²) in [6, 6.07) is 1.77. The molecule has 0 unspecified atom stereocenters. The van der Waals surface area contributed by atoms with E-state index in [-0.39, 0.29) is 48.3 Å². The highest BCUT2D eigenvalue weighted by Crippen LogP contribution is 2.40. The third kappa shape index (κ3) is 16.5. The number of aromatic nitrogens is 2. The van der Waals surface area contributed by atoms with Crippen LogP contribution in [0, 0.1) is 5.41 Å². The molecule has 13 heteroatoms. The molecule has 3 rings (SSSR count). The molecule has 3 N–H and O–H groups in total. The largest absolute Gasteiger partial charge is 0.463 e. The molecular formula is C39H65N5O8. The average Bonchev–Trinajstić information content (AvgIpc) is 3.63. The fourth-order valence-electron chi connectivity index (χ4n) is 6.60. The number of carbonyl (C=O) groups is 4. The first-order valence-electron chi connectivity index (χ1n) is 20.2. The van der Waals surface area contributed by atoms with E-state index in [2.05, 4.69) is 15.6 Å². The van der Waals surface area contributed by atoms with Gasteiger partial charge >= 0.3 is 17.9 Å². The zero-order valence-electron chi connectivity index (χ0n) is 31.8. The molecule has 52 heavy (non-hydrogen) atoms. The number of hydrogen-bond acceptors (Lipinski definition) is 10. The van der Waals surface area contributed by atoms with E-state index in [0.29, 0.717) is 19.3 Å². The zero-order valence-corrected chi connectivity index (χ0v) is 31.8. The van der Waals surface area contributed by atoms with Gasteiger partial charge in [0.2, 0.25) is 11.8 Å². The highest BCUT2D eigenvalue weighted by Gasteiger charge is 2.54. The van der Waals surface area contributed by atoms with Gasteiger partial charge in [-0.05, 0) is 44.6 Å². The Bertz CT molecular complexity index is 1270. The number of fused-ring (bicyclic) bond motifs is 3. The monoisotopic (exact) mass is 731 g/mol. The van der Waals surface area contributed by atoms with Gasteiger partial charge in [0.15, 0.2) is 23.9 Å². The van der Waals surface area contributed by atoms with E-state index in [9.17, 15) is 19.2 Å². The second-order valence-electron chi connectivity index (χ2n) is 14.1. The average molecular weight is 732 g/mol. The van der Waals surface area contributed by atoms with Crippen LogP contribution >= 0.6 is 0 Å². The van der Waals surface area contributed by atoms with Crippen LogP contribution in [-0.2, 0) is 33.4 Å². The Morgan fingerprint density at radius 1 is 0.731 bits per heavy atom. The van der Waals surface area contributed by atoms with Crippen LogP contribution in [0.25, 0.3) is 0 Å². The normalized spacial score (nSPS) is 18.7. The number of ether oxygens (including phenoxy) is 4. The summed E-state index contributed by atoms with van der Waals surface area (Å²) in [5, 5.41) is 13.7. The fraction of sp³-hybridized carbons (Fsp3) is 0.795. The lowest BCUT2D eigenvalue weighted by Gasteiger charge is -2.22. The van der Waals surface area contributed by atoms with Gasteiger partial charge in [-0.1, -0.05) is 90.9 Å². The van der Waals surface area contributed by atoms with Crippen LogP contribution in [0.15, 0.2) is 12.3 Å². The van der Waals surface area contributed by atoms with Gasteiger partial charge in [-0.2, -0.15) is 4.98 Å². The molecule has 294 valence electrons. The summed E-state index contributed by atoms with van der Waals surface area (Å²) in [6.45, 7) is 5.47. The Labute approximate surface area is 310 Å². The lowest BCUT2D eigenvalue weighted by molar-refractivity contribution is -0.160. The van der Waals surface area contributed by atoms with Crippen LogP contribution in [0.1, 0.15) is 161 Å². The predicted molar refractivity (Wildman–Crippen MR) is 196 cm³/mol. The first-order chi connectivity index (χ1) is 25.3. The molecule has 1 fully saturated rings. The van der Waals surface area contributed by atoms with Gasteiger partial charge in [0.1, 0.15) is 12.7 Å². The van der Waals surface area contributed by atoms with Crippen molar-refractivity contribution in [2.24, 2.45) is 0 Å². The summed E-state index contributed by atoms with van der Waals surface area (Å²) < 4.78 is 25.4. The van der Waals surface area contributed by atoms with E-state index in [4.69, 9.17) is 24.4 Å². The Balaban J connectivity index is 1.29. The molecule has 0 saturated carbocycles. The first kappa shape index (κ1) is 42.9. The molecule has 0 bridgehead atoms. The topological polar surface area (TPSA) is 171 Å². The number of nitrogens with one attached hydrogen (secondary N) is 3. The van der Waals surface area contributed by atoms with Gasteiger partial charge < -0.3 is 29.6 Å². The second kappa shape index (κ2) is 25.5. The molecule has 2 aliphatic rings. The van der Waals surface area contributed by atoms with E-state index < -0.39 is 24.5 Å². The molecule has 1 aromatic heterocycles. The molecule has 13 nitrogen and oxygen atoms in total. The standard InChI is InChI=1S/C39H65N5O8/c1-3-21-32(45)41-26-19-15-11-7-5-9-13-17-23-34(47)49-29-30-36(37-38(50-30)44-28-25-31(40)43-39(44)52-37)51-35(48)24-18-14-10-6-8-12-16-20-27-42-33(46)22-4-2/h25,28,30,36-38,40H,3-24,26-27,29H2,1-2H3,(H,41,45)(H,42,46)/t30-,36-,37-,38-/m1/s1. The SMILES string of the molecule is CCCC(=O)NCCCCCCCCCCC(=O)OC[C@H]1O[C@@H]2[C@H](Oc3nc(=N)ccn32)[C@@H]1OC(=O)CCCCCCCCCCNC(=O)CCC. The van der Waals surface area contributed by atoms with Crippen molar-refractivity contribution in [3.63, 3.8) is 0 Å². The molecule has 3 heterocycles. The highest BCUT2D eigenvalue weighted by molar-refractivity contribution is 5.76. The smallest absolute Gasteiger partial charge is 0.306 e. The number of esters is 2. The van der Waals surface area contributed by atoms with Gasteiger partial charge in [-0.3, -0.25) is 29.2 Å². The maximum Gasteiger partial charge on any atom is 0.306 e. The van der Waals surface area contributed by atoms with Crippen LogP contribution in [0.5, 0.6) is 6.01 Å². The summed E-state index contributed by atoms with van der Waals surface area (Å²) in [6.07, 6.45) is 19.1. The van der Waals surface area contributed by atoms with Crippen molar-refractivity contribution in [2.75, 3.05) is 19.7 Å². The van der Waals surface area contributed by atoms with E-state index in [1.165, 1.54) is 6.07 Å². The molecule has 0 aliphatic carbocycles. The van der Waals surface area contributed by atoms with E-state index in [0.717, 1.165) is 129 Å². The van der Waals surface area contributed by atoms with Gasteiger partial charge in [-0.15, -0.1) is 0 Å². The quantitative estimate of drug-likeness (QED) is 0.0629. The Kier molecular flexibility index (Phi) is 21.0. The Morgan fingerprint density at radius 2 is 1.23 bits per heavy atom. The lowest BCUT2D eigenvalue weighted by Crippen LogP contribution is -2.40. The van der Waals surface area contributed by atoms with Gasteiger partial charge in [0, 0.05) is 45.0 Å². The van der Waals surface area contributed by atoms with Gasteiger partial charge in [0.05, 0.1) is 0 Å². The summed E-state index contributed by atoms with van der Waals surface area (Å²) in [4.78, 5) is 52.7. The van der Waals surface area contributed by atoms with Crippen LogP contribution in [0.2, 0.25) is 0 Å². The van der Waals surface area contributed by atoms with Crippen molar-refractivity contribution < 1.29 is 38.1 Å². The van der Waals surface area contributed by atoms with E-state index in [1.54, 1.807) is 10.8 Å². The van der Waals surface area contributed by atoms with Gasteiger partial charge in [-0.25, -0.2) is 0 Å². The number of amides is 2. The highest BCUT2D eigenvalue weighted by atomic mass is 16.7. The summed E-state index contributed by atoms with van der Waals surface area (Å²) in [5.41, 5.74) is 0.0608. The molecule has 1 aromatic rings. The number of nitrogens with zero attached hydrogens (tertiary/aromatic N) is 2. The lowest BCUT2D eigenvalue weighted by atomic mass is 10.1. The maximum absolute atomic E-state index is 12.9. The van der Waals surface area contributed by atoms with Crippen LogP contribution in [0.3, 0.4) is 0 Å². The minimum absolute atomic E-state index is 0.0446. The molecular weight excluding hydrogens is 666 g/mol. The second-order valence-corrected chi connectivity index (χ2v) is 14.1. The van der Waals surface area contributed by atoms with Crippen molar-refractivity contribution in [3.05, 3.63) is 17.8 Å². The van der Waals surface area contributed by atoms with Crippen molar-refractivity contribution in [1.29, 1.82) is 5.41 Å². The summed E-state index contributed by atoms with van der Waals surface area (Å²) >= 11 is 0. The van der Waals surface area contributed by atoms with Crippen LogP contribution in [0.4, 0.5) is 0 Å². The van der Waals surface area contributed by atoms with Crippen molar-refractivity contribution in [3.8, 4) is 6.01 Å². The molecule has 4 atom stereocenters. The minimum atomic E-state index is -0.777.